The van der Waals surface area contributed by atoms with Gasteiger partial charge in [0, 0.05) is 12.4 Å². The summed E-state index contributed by atoms with van der Waals surface area (Å²) in [5.41, 5.74) is 5.30. The van der Waals surface area contributed by atoms with Crippen LogP contribution in [0.3, 0.4) is 0 Å². The zero-order chi connectivity index (χ0) is 14.0. The molecular formula is C10H8BrFN4O2S. The van der Waals surface area contributed by atoms with Crippen molar-refractivity contribution in [2.24, 2.45) is 0 Å². The number of anilines is 2. The predicted octanol–water partition coefficient (Wildman–Crippen LogP) is 1.76. The molecular weight excluding hydrogens is 339 g/mol. The summed E-state index contributed by atoms with van der Waals surface area (Å²) in [6, 6.07) is 3.54. The number of hydrogen-bond donors (Lipinski definition) is 2. The fraction of sp³-hybridized carbons (Fsp3) is 0. The van der Waals surface area contributed by atoms with Crippen LogP contribution in [0.5, 0.6) is 0 Å². The third-order valence-electron chi connectivity index (χ3n) is 2.13. The SMILES string of the molecule is Nc1cc(F)c(Br)cc1S(=O)(=O)Nc1ncccn1. The molecule has 0 amide bonds. The first-order valence-electron chi connectivity index (χ1n) is 4.94. The van der Waals surface area contributed by atoms with Gasteiger partial charge in [-0.05, 0) is 34.1 Å². The van der Waals surface area contributed by atoms with E-state index in [0.29, 0.717) is 0 Å². The molecule has 0 saturated heterocycles. The Kier molecular flexibility index (Phi) is 3.67. The number of rotatable bonds is 3. The van der Waals surface area contributed by atoms with Crippen molar-refractivity contribution < 1.29 is 12.8 Å². The van der Waals surface area contributed by atoms with E-state index >= 15 is 0 Å². The van der Waals surface area contributed by atoms with Gasteiger partial charge >= 0.3 is 0 Å². The van der Waals surface area contributed by atoms with Gasteiger partial charge in [-0.15, -0.1) is 0 Å². The number of benzene rings is 1. The third-order valence-corrected chi connectivity index (χ3v) is 4.13. The summed E-state index contributed by atoms with van der Waals surface area (Å²) in [4.78, 5) is 7.21. The van der Waals surface area contributed by atoms with Crippen LogP contribution in [0.15, 0.2) is 40.0 Å². The van der Waals surface area contributed by atoms with Crippen LogP contribution < -0.4 is 10.5 Å². The van der Waals surface area contributed by atoms with Gasteiger partial charge in [0.05, 0.1) is 10.2 Å². The maximum atomic E-state index is 13.2. The number of nitrogens with zero attached hydrogens (tertiary/aromatic N) is 2. The lowest BCUT2D eigenvalue weighted by molar-refractivity contribution is 0.599. The Morgan fingerprint density at radius 3 is 2.53 bits per heavy atom. The van der Waals surface area contributed by atoms with E-state index in [9.17, 15) is 12.8 Å². The quantitative estimate of drug-likeness (QED) is 0.825. The van der Waals surface area contributed by atoms with E-state index < -0.39 is 15.8 Å². The minimum atomic E-state index is -3.98. The molecule has 2 rings (SSSR count). The van der Waals surface area contributed by atoms with Gasteiger partial charge in [0.1, 0.15) is 10.7 Å². The molecule has 0 saturated carbocycles. The van der Waals surface area contributed by atoms with Gasteiger partial charge in [-0.1, -0.05) is 0 Å². The molecule has 1 aromatic carbocycles. The number of sulfonamides is 1. The molecule has 0 unspecified atom stereocenters. The van der Waals surface area contributed by atoms with Gasteiger partial charge in [-0.2, -0.15) is 0 Å². The van der Waals surface area contributed by atoms with Crippen LogP contribution in [0.25, 0.3) is 0 Å². The normalized spacial score (nSPS) is 11.3. The Morgan fingerprint density at radius 2 is 1.89 bits per heavy atom. The number of aromatic nitrogens is 2. The number of nitrogens with one attached hydrogen (secondary N) is 1. The molecule has 0 bridgehead atoms. The van der Waals surface area contributed by atoms with E-state index in [4.69, 9.17) is 5.73 Å². The van der Waals surface area contributed by atoms with Crippen molar-refractivity contribution in [1.29, 1.82) is 0 Å². The molecule has 0 aliphatic heterocycles. The van der Waals surface area contributed by atoms with Crippen molar-refractivity contribution in [3.8, 4) is 0 Å². The molecule has 0 aliphatic rings. The highest BCUT2D eigenvalue weighted by Crippen LogP contribution is 2.27. The second-order valence-corrected chi connectivity index (χ2v) is 5.99. The largest absolute Gasteiger partial charge is 0.398 e. The lowest BCUT2D eigenvalue weighted by Gasteiger charge is -2.09. The molecule has 1 heterocycles. The zero-order valence-corrected chi connectivity index (χ0v) is 11.7. The highest BCUT2D eigenvalue weighted by Gasteiger charge is 2.20. The second-order valence-electron chi connectivity index (χ2n) is 3.48. The van der Waals surface area contributed by atoms with Gasteiger partial charge in [-0.3, -0.25) is 0 Å². The summed E-state index contributed by atoms with van der Waals surface area (Å²) in [5, 5.41) is 0. The smallest absolute Gasteiger partial charge is 0.266 e. The molecule has 1 aromatic heterocycles. The average Bonchev–Trinajstić information content (AvgIpc) is 2.34. The fourth-order valence-electron chi connectivity index (χ4n) is 1.30. The predicted molar refractivity (Wildman–Crippen MR) is 71.4 cm³/mol. The summed E-state index contributed by atoms with van der Waals surface area (Å²) >= 11 is 2.90. The van der Waals surface area contributed by atoms with E-state index in [-0.39, 0.29) is 21.0 Å². The Morgan fingerprint density at radius 1 is 1.26 bits per heavy atom. The van der Waals surface area contributed by atoms with Crippen LogP contribution in [0.1, 0.15) is 0 Å². The summed E-state index contributed by atoms with van der Waals surface area (Å²) in [6.07, 6.45) is 2.77. The van der Waals surface area contributed by atoms with E-state index in [2.05, 4.69) is 30.6 Å². The monoisotopic (exact) mass is 346 g/mol. The number of halogens is 2. The molecule has 0 atom stereocenters. The topological polar surface area (TPSA) is 98.0 Å². The molecule has 6 nitrogen and oxygen atoms in total. The highest BCUT2D eigenvalue weighted by atomic mass is 79.9. The minimum absolute atomic E-state index is 0.00365. The number of nitrogens with two attached hydrogens (primary N) is 1. The second kappa shape index (κ2) is 5.10. The molecule has 9 heteroatoms. The first kappa shape index (κ1) is 13.7. The summed E-state index contributed by atoms with van der Waals surface area (Å²) in [6.45, 7) is 0. The van der Waals surface area contributed by atoms with Crippen molar-refractivity contribution in [2.75, 3.05) is 10.5 Å². The zero-order valence-electron chi connectivity index (χ0n) is 9.34. The highest BCUT2D eigenvalue weighted by molar-refractivity contribution is 9.10. The lowest BCUT2D eigenvalue weighted by Crippen LogP contribution is -2.16. The van der Waals surface area contributed by atoms with E-state index in [1.165, 1.54) is 12.4 Å². The Hall–Kier alpha value is -1.74. The molecule has 0 fully saturated rings. The molecule has 0 aliphatic carbocycles. The lowest BCUT2D eigenvalue weighted by atomic mass is 10.3. The van der Waals surface area contributed by atoms with E-state index in [1.54, 1.807) is 6.07 Å². The van der Waals surface area contributed by atoms with Crippen molar-refractivity contribution in [3.05, 3.63) is 40.9 Å². The Labute approximate surface area is 117 Å². The molecule has 100 valence electrons. The maximum Gasteiger partial charge on any atom is 0.266 e. The van der Waals surface area contributed by atoms with Crippen LogP contribution in [0, 0.1) is 5.82 Å². The Bertz CT molecular complexity index is 709. The van der Waals surface area contributed by atoms with Crippen molar-refractivity contribution in [2.45, 2.75) is 4.90 Å². The molecule has 2 aromatic rings. The first-order chi connectivity index (χ1) is 8.90. The van der Waals surface area contributed by atoms with Gasteiger partial charge in [0.15, 0.2) is 0 Å². The van der Waals surface area contributed by atoms with Crippen LogP contribution in [0.4, 0.5) is 16.0 Å². The van der Waals surface area contributed by atoms with Crippen LogP contribution >= 0.6 is 15.9 Å². The first-order valence-corrected chi connectivity index (χ1v) is 7.22. The van der Waals surface area contributed by atoms with Crippen molar-refractivity contribution in [3.63, 3.8) is 0 Å². The van der Waals surface area contributed by atoms with Crippen LogP contribution in [-0.2, 0) is 10.0 Å². The summed E-state index contributed by atoms with van der Waals surface area (Å²) in [5.74, 6) is -0.741. The van der Waals surface area contributed by atoms with Crippen molar-refractivity contribution >= 4 is 37.6 Å². The van der Waals surface area contributed by atoms with Crippen molar-refractivity contribution in [1.82, 2.24) is 9.97 Å². The summed E-state index contributed by atoms with van der Waals surface area (Å²) < 4.78 is 39.5. The Balaban J connectivity index is 2.43. The van der Waals surface area contributed by atoms with Crippen LogP contribution in [-0.4, -0.2) is 18.4 Å². The number of nitrogen functional groups attached to an aromatic ring is 1. The van der Waals surface area contributed by atoms with Crippen LogP contribution in [0.2, 0.25) is 0 Å². The van der Waals surface area contributed by atoms with Gasteiger partial charge in [0.25, 0.3) is 10.0 Å². The minimum Gasteiger partial charge on any atom is -0.398 e. The van der Waals surface area contributed by atoms with Gasteiger partial charge in [0.2, 0.25) is 5.95 Å². The third kappa shape index (κ3) is 2.99. The van der Waals surface area contributed by atoms with E-state index in [1.807, 2.05) is 0 Å². The maximum absolute atomic E-state index is 13.2. The van der Waals surface area contributed by atoms with Gasteiger partial charge in [-0.25, -0.2) is 27.5 Å². The average molecular weight is 347 g/mol. The number of hydrogen-bond acceptors (Lipinski definition) is 5. The molecule has 3 N–H and O–H groups in total. The standard InChI is InChI=1S/C10H8BrFN4O2S/c11-6-4-9(8(13)5-7(6)12)19(17,18)16-10-14-2-1-3-15-10/h1-5H,13H2,(H,14,15,16). The van der Waals surface area contributed by atoms with Gasteiger partial charge < -0.3 is 5.73 Å². The fourth-order valence-corrected chi connectivity index (χ4v) is 2.90. The molecule has 0 radical (unpaired) electrons. The van der Waals surface area contributed by atoms with E-state index in [0.717, 1.165) is 12.1 Å². The summed E-state index contributed by atoms with van der Waals surface area (Å²) in [7, 11) is -3.98. The molecule has 0 spiro atoms. The molecule has 19 heavy (non-hydrogen) atoms.